The Morgan fingerprint density at radius 3 is 1.21 bits per heavy atom. The van der Waals surface area contributed by atoms with Gasteiger partial charge in [0.2, 0.25) is 0 Å². The molecule has 0 fully saturated rings. The van der Waals surface area contributed by atoms with Crippen molar-refractivity contribution in [2.75, 3.05) is 0 Å². The number of rotatable bonds is 10. The van der Waals surface area contributed by atoms with Gasteiger partial charge in [-0.25, -0.2) is 9.59 Å². The molecular formula is C30H24N4O12S2. The molecule has 0 unspecified atom stereocenters. The second-order valence-electron chi connectivity index (χ2n) is 10.1. The summed E-state index contributed by atoms with van der Waals surface area (Å²) in [5, 5.41) is 53.9. The van der Waals surface area contributed by atoms with Crippen LogP contribution in [0.2, 0.25) is 0 Å². The Morgan fingerprint density at radius 1 is 0.562 bits per heavy atom. The Morgan fingerprint density at radius 2 is 0.896 bits per heavy atom. The number of azo groups is 2. The number of hydrogen-bond donors (Lipinski definition) is 6. The number of carbonyl (C=O) groups is 2. The van der Waals surface area contributed by atoms with E-state index in [9.17, 15) is 56.0 Å². The molecule has 0 aliphatic rings. The van der Waals surface area contributed by atoms with Gasteiger partial charge >= 0.3 is 11.9 Å². The molecule has 4 aromatic rings. The van der Waals surface area contributed by atoms with Gasteiger partial charge in [-0.3, -0.25) is 9.11 Å². The average molecular weight is 697 g/mol. The monoisotopic (exact) mass is 696 g/mol. The topological polar surface area (TPSA) is 273 Å². The highest BCUT2D eigenvalue weighted by Crippen LogP contribution is 2.33. The second kappa shape index (κ2) is 13.5. The molecule has 4 rings (SSSR count). The van der Waals surface area contributed by atoms with Gasteiger partial charge in [-0.15, -0.1) is 0 Å². The largest absolute Gasteiger partial charge is 0.507 e. The summed E-state index contributed by atoms with van der Waals surface area (Å²) < 4.78 is 68.5. The number of benzene rings is 4. The van der Waals surface area contributed by atoms with Crippen molar-refractivity contribution in [1.29, 1.82) is 0 Å². The van der Waals surface area contributed by atoms with Crippen molar-refractivity contribution in [2.45, 2.75) is 23.6 Å². The predicted octanol–water partition coefficient (Wildman–Crippen LogP) is 6.61. The van der Waals surface area contributed by atoms with Gasteiger partial charge < -0.3 is 20.4 Å². The first-order valence-corrected chi connectivity index (χ1v) is 16.1. The van der Waals surface area contributed by atoms with Crippen LogP contribution in [0.5, 0.6) is 11.5 Å². The standard InChI is InChI=1S/C30H24N4O12S2/c1-15-9-21(11-23(27(15)35)29(37)38)33-31-19-7-5-17(25(13-19)47(41,42)43)3-4-18-6-8-20(14-26(18)48(44,45)46)32-34-22-10-16(2)28(36)24(12-22)30(39)40/h3-14,35-36H,1-2H3,(H,37,38)(H,39,40)(H,41,42,43)(H,44,45,46)/b4-3+,33-31?,34-32?. The summed E-state index contributed by atoms with van der Waals surface area (Å²) in [6.07, 6.45) is 2.29. The number of carboxylic acid groups (broad SMARTS) is 2. The molecule has 0 aliphatic heterocycles. The van der Waals surface area contributed by atoms with Crippen molar-refractivity contribution in [3.05, 3.63) is 94.0 Å². The maximum Gasteiger partial charge on any atom is 0.339 e. The lowest BCUT2D eigenvalue weighted by molar-refractivity contribution is 0.0682. The number of aromatic hydroxyl groups is 2. The summed E-state index contributed by atoms with van der Waals surface area (Å²) >= 11 is 0. The molecule has 4 aromatic carbocycles. The Kier molecular flexibility index (Phi) is 9.85. The van der Waals surface area contributed by atoms with Crippen LogP contribution in [0.15, 0.2) is 90.9 Å². The highest BCUT2D eigenvalue weighted by atomic mass is 32.2. The van der Waals surface area contributed by atoms with E-state index in [0.717, 1.165) is 36.4 Å². The number of nitrogens with zero attached hydrogens (tertiary/aromatic N) is 4. The van der Waals surface area contributed by atoms with E-state index in [2.05, 4.69) is 20.5 Å². The lowest BCUT2D eigenvalue weighted by atomic mass is 10.1. The minimum absolute atomic E-state index is 0.0315. The first-order valence-electron chi connectivity index (χ1n) is 13.2. The van der Waals surface area contributed by atoms with E-state index >= 15 is 0 Å². The Labute approximate surface area is 272 Å². The molecule has 0 atom stereocenters. The Balaban J connectivity index is 1.68. The van der Waals surface area contributed by atoms with Crippen LogP contribution in [0.1, 0.15) is 43.0 Å². The highest BCUT2D eigenvalue weighted by molar-refractivity contribution is 7.86. The number of aromatic carboxylic acids is 2. The normalized spacial score (nSPS) is 12.3. The summed E-state index contributed by atoms with van der Waals surface area (Å²) in [6.45, 7) is 2.89. The van der Waals surface area contributed by atoms with E-state index < -0.39 is 64.6 Å². The number of phenols is 2. The van der Waals surface area contributed by atoms with Gasteiger partial charge in [0, 0.05) is 0 Å². The van der Waals surface area contributed by atoms with Crippen LogP contribution < -0.4 is 0 Å². The SMILES string of the molecule is Cc1cc(N=Nc2ccc(/C=C/c3ccc(N=Nc4cc(C)c(O)c(C(=O)O)c4)cc3S(=O)(=O)O)c(S(=O)(=O)O)c2)cc(C(=O)O)c1O. The Bertz CT molecular complexity index is 2140. The molecular weight excluding hydrogens is 672 g/mol. The Hall–Kier alpha value is -5.82. The number of carboxylic acids is 2. The van der Waals surface area contributed by atoms with Crippen molar-refractivity contribution in [1.82, 2.24) is 0 Å². The molecule has 0 heterocycles. The molecule has 16 nitrogen and oxygen atoms in total. The van der Waals surface area contributed by atoms with Crippen LogP contribution in [0.3, 0.4) is 0 Å². The lowest BCUT2D eigenvalue weighted by Crippen LogP contribution is -2.01. The molecule has 0 amide bonds. The van der Waals surface area contributed by atoms with Crippen LogP contribution in [0, 0.1) is 13.8 Å². The van der Waals surface area contributed by atoms with Crippen molar-refractivity contribution < 1.29 is 56.0 Å². The summed E-state index contributed by atoms with van der Waals surface area (Å²) in [4.78, 5) is 21.4. The first-order chi connectivity index (χ1) is 22.3. The summed E-state index contributed by atoms with van der Waals surface area (Å²) in [5.41, 5.74) is -0.775. The van der Waals surface area contributed by atoms with E-state index in [1.54, 1.807) is 0 Å². The van der Waals surface area contributed by atoms with Gasteiger partial charge in [-0.2, -0.15) is 37.3 Å². The van der Waals surface area contributed by atoms with E-state index in [1.807, 2.05) is 0 Å². The third-order valence-electron chi connectivity index (χ3n) is 6.59. The minimum atomic E-state index is -4.88. The van der Waals surface area contributed by atoms with Gasteiger partial charge in [0.25, 0.3) is 20.2 Å². The fourth-order valence-corrected chi connectivity index (χ4v) is 5.67. The second-order valence-corrected chi connectivity index (χ2v) is 12.8. The molecule has 248 valence electrons. The molecule has 6 N–H and O–H groups in total. The quantitative estimate of drug-likeness (QED) is 0.0581. The smallest absolute Gasteiger partial charge is 0.339 e. The maximum absolute atomic E-state index is 12.2. The van der Waals surface area contributed by atoms with Crippen LogP contribution in [0.25, 0.3) is 12.2 Å². The zero-order valence-electron chi connectivity index (χ0n) is 24.7. The zero-order chi connectivity index (χ0) is 35.6. The van der Waals surface area contributed by atoms with Crippen LogP contribution in [0.4, 0.5) is 22.7 Å². The van der Waals surface area contributed by atoms with E-state index in [4.69, 9.17) is 0 Å². The minimum Gasteiger partial charge on any atom is -0.507 e. The third kappa shape index (κ3) is 8.12. The molecule has 0 saturated carbocycles. The van der Waals surface area contributed by atoms with Crippen molar-refractivity contribution in [2.24, 2.45) is 20.5 Å². The van der Waals surface area contributed by atoms with E-state index in [0.29, 0.717) is 0 Å². The molecule has 0 spiro atoms. The van der Waals surface area contributed by atoms with Gasteiger partial charge in [0.05, 0.1) is 22.7 Å². The van der Waals surface area contributed by atoms with Gasteiger partial charge in [-0.05, 0) is 84.6 Å². The van der Waals surface area contributed by atoms with Crippen molar-refractivity contribution >= 4 is 67.1 Å². The zero-order valence-corrected chi connectivity index (χ0v) is 26.3. The summed E-state index contributed by atoms with van der Waals surface area (Å²) in [5.74, 6) is -3.73. The number of hydrogen-bond acceptors (Lipinski definition) is 12. The molecule has 0 aliphatic carbocycles. The highest BCUT2D eigenvalue weighted by Gasteiger charge is 2.19. The predicted molar refractivity (Wildman–Crippen MR) is 169 cm³/mol. The maximum atomic E-state index is 12.2. The molecule has 0 bridgehead atoms. The van der Waals surface area contributed by atoms with E-state index in [1.165, 1.54) is 50.2 Å². The fraction of sp³-hybridized carbons (Fsp3) is 0.0667. The molecule has 0 radical (unpaired) electrons. The van der Waals surface area contributed by atoms with Crippen molar-refractivity contribution in [3.8, 4) is 11.5 Å². The van der Waals surface area contributed by atoms with Gasteiger partial charge in [0.1, 0.15) is 32.4 Å². The fourth-order valence-electron chi connectivity index (χ4n) is 4.27. The van der Waals surface area contributed by atoms with E-state index in [-0.39, 0.29) is 45.0 Å². The summed E-state index contributed by atoms with van der Waals surface area (Å²) in [7, 11) is -9.76. The molecule has 48 heavy (non-hydrogen) atoms. The van der Waals surface area contributed by atoms with Gasteiger partial charge in [0.15, 0.2) is 0 Å². The van der Waals surface area contributed by atoms with Crippen molar-refractivity contribution in [3.63, 3.8) is 0 Å². The average Bonchev–Trinajstić information content (AvgIpc) is 3.00. The van der Waals surface area contributed by atoms with Gasteiger partial charge in [-0.1, -0.05) is 24.3 Å². The van der Waals surface area contributed by atoms with Crippen LogP contribution in [-0.4, -0.2) is 58.3 Å². The lowest BCUT2D eigenvalue weighted by Gasteiger charge is -2.07. The molecule has 18 heteroatoms. The molecule has 0 aromatic heterocycles. The summed E-state index contributed by atoms with van der Waals surface area (Å²) in [6, 6.07) is 11.8. The molecule has 0 saturated heterocycles. The third-order valence-corrected chi connectivity index (χ3v) is 8.40. The first kappa shape index (κ1) is 35.0. The van der Waals surface area contributed by atoms with Crippen LogP contribution in [-0.2, 0) is 20.2 Å². The van der Waals surface area contributed by atoms with Crippen LogP contribution >= 0.6 is 0 Å². The number of aryl methyl sites for hydroxylation is 2.